The van der Waals surface area contributed by atoms with Crippen LogP contribution in [0, 0.1) is 0 Å². The minimum absolute atomic E-state index is 0.206. The molecular formula is C22H18N2O3. The lowest BCUT2D eigenvalue weighted by Gasteiger charge is -2.08. The molecule has 0 heterocycles. The predicted octanol–water partition coefficient (Wildman–Crippen LogP) is 3.79. The fourth-order valence-corrected chi connectivity index (χ4v) is 2.66. The summed E-state index contributed by atoms with van der Waals surface area (Å²) in [7, 11) is 0. The van der Waals surface area contributed by atoms with Crippen molar-refractivity contribution in [1.82, 2.24) is 5.32 Å². The third kappa shape index (κ3) is 4.41. The molecule has 3 aromatic rings. The summed E-state index contributed by atoms with van der Waals surface area (Å²) in [5.74, 6) is -1.70. The number of hydrogen-bond acceptors (Lipinski definition) is 3. The van der Waals surface area contributed by atoms with Crippen LogP contribution in [-0.2, 0) is 4.79 Å². The van der Waals surface area contributed by atoms with Crippen molar-refractivity contribution in [3.63, 3.8) is 0 Å². The van der Waals surface area contributed by atoms with Gasteiger partial charge in [-0.25, -0.2) is 4.79 Å². The summed E-state index contributed by atoms with van der Waals surface area (Å²) < 4.78 is 0. The number of carboxylic acid groups (broad SMARTS) is 1. The molecule has 0 radical (unpaired) electrons. The highest BCUT2D eigenvalue weighted by molar-refractivity contribution is 6.02. The van der Waals surface area contributed by atoms with E-state index < -0.39 is 11.9 Å². The van der Waals surface area contributed by atoms with E-state index in [1.54, 1.807) is 42.5 Å². The average Bonchev–Trinajstić information content (AvgIpc) is 2.68. The van der Waals surface area contributed by atoms with Crippen molar-refractivity contribution < 1.29 is 14.7 Å². The summed E-state index contributed by atoms with van der Waals surface area (Å²) in [6.45, 7) is 0. The summed E-state index contributed by atoms with van der Waals surface area (Å²) in [4.78, 5) is 23.8. The fourth-order valence-electron chi connectivity index (χ4n) is 2.66. The number of amides is 1. The number of nitrogens with one attached hydrogen (secondary N) is 1. The molecule has 0 saturated carbocycles. The zero-order valence-electron chi connectivity index (χ0n) is 14.4. The second kappa shape index (κ2) is 8.01. The maximum atomic E-state index is 12.3. The molecule has 5 heteroatoms. The Bertz CT molecular complexity index is 1010. The molecule has 0 aromatic heterocycles. The number of nitrogens with two attached hydrogens (primary N) is 1. The van der Waals surface area contributed by atoms with Gasteiger partial charge in [-0.05, 0) is 41.5 Å². The third-order valence-electron chi connectivity index (χ3n) is 3.98. The lowest BCUT2D eigenvalue weighted by Crippen LogP contribution is -2.27. The molecule has 134 valence electrons. The van der Waals surface area contributed by atoms with Crippen molar-refractivity contribution in [2.24, 2.45) is 0 Å². The van der Waals surface area contributed by atoms with E-state index in [4.69, 9.17) is 5.73 Å². The summed E-state index contributed by atoms with van der Waals surface area (Å²) in [5, 5.41) is 11.9. The minimum Gasteiger partial charge on any atom is -0.477 e. The van der Waals surface area contributed by atoms with Gasteiger partial charge in [-0.3, -0.25) is 4.79 Å². The Kier molecular flexibility index (Phi) is 5.33. The van der Waals surface area contributed by atoms with E-state index in [1.807, 2.05) is 36.4 Å². The van der Waals surface area contributed by atoms with Crippen LogP contribution in [0.3, 0.4) is 0 Å². The molecule has 0 bridgehead atoms. The normalized spacial score (nSPS) is 11.0. The maximum absolute atomic E-state index is 12.3. The Labute approximate surface area is 156 Å². The van der Waals surface area contributed by atoms with Crippen LogP contribution in [0.4, 0.5) is 5.69 Å². The molecule has 0 aliphatic heterocycles. The third-order valence-corrected chi connectivity index (χ3v) is 3.98. The first-order valence-electron chi connectivity index (χ1n) is 8.31. The van der Waals surface area contributed by atoms with E-state index in [-0.39, 0.29) is 5.70 Å². The highest BCUT2D eigenvalue weighted by Gasteiger charge is 2.13. The van der Waals surface area contributed by atoms with Gasteiger partial charge in [-0.1, -0.05) is 54.6 Å². The monoisotopic (exact) mass is 358 g/mol. The maximum Gasteiger partial charge on any atom is 0.352 e. The van der Waals surface area contributed by atoms with Gasteiger partial charge in [0.2, 0.25) is 0 Å². The highest BCUT2D eigenvalue weighted by atomic mass is 16.4. The molecule has 0 fully saturated rings. The standard InChI is InChI=1S/C22H18N2O3/c23-19-12-5-4-11-18(19)17-10-6-7-15(13-17)14-20(22(26)27)24-21(25)16-8-2-1-3-9-16/h1-14H,23H2,(H,24,25)(H,26,27)/b20-14-. The van der Waals surface area contributed by atoms with Crippen LogP contribution in [0.15, 0.2) is 84.6 Å². The van der Waals surface area contributed by atoms with Gasteiger partial charge in [0.25, 0.3) is 5.91 Å². The number of nitrogen functional groups attached to an aromatic ring is 1. The molecule has 4 N–H and O–H groups in total. The van der Waals surface area contributed by atoms with Gasteiger partial charge >= 0.3 is 5.97 Å². The number of carbonyl (C=O) groups excluding carboxylic acids is 1. The number of carboxylic acids is 1. The van der Waals surface area contributed by atoms with Gasteiger partial charge in [0.1, 0.15) is 5.70 Å². The quantitative estimate of drug-likeness (QED) is 0.478. The molecule has 27 heavy (non-hydrogen) atoms. The summed E-state index contributed by atoms with van der Waals surface area (Å²) in [6, 6.07) is 23.2. The second-order valence-corrected chi connectivity index (χ2v) is 5.90. The van der Waals surface area contributed by atoms with Crippen LogP contribution < -0.4 is 11.1 Å². The summed E-state index contributed by atoms with van der Waals surface area (Å²) >= 11 is 0. The molecule has 5 nitrogen and oxygen atoms in total. The number of para-hydroxylation sites is 1. The van der Waals surface area contributed by atoms with Crippen LogP contribution in [0.1, 0.15) is 15.9 Å². The average molecular weight is 358 g/mol. The second-order valence-electron chi connectivity index (χ2n) is 5.90. The van der Waals surface area contributed by atoms with E-state index in [1.165, 1.54) is 6.08 Å². The van der Waals surface area contributed by atoms with Crippen molar-refractivity contribution in [2.45, 2.75) is 0 Å². The molecule has 3 aromatic carbocycles. The Hall–Kier alpha value is -3.86. The van der Waals surface area contributed by atoms with Gasteiger partial charge in [-0.15, -0.1) is 0 Å². The Morgan fingerprint density at radius 3 is 2.30 bits per heavy atom. The van der Waals surface area contributed by atoms with Crippen molar-refractivity contribution in [2.75, 3.05) is 5.73 Å². The van der Waals surface area contributed by atoms with Crippen molar-refractivity contribution >= 4 is 23.6 Å². The SMILES string of the molecule is Nc1ccccc1-c1cccc(/C=C(\NC(=O)c2ccccc2)C(=O)O)c1. The largest absolute Gasteiger partial charge is 0.477 e. The zero-order valence-corrected chi connectivity index (χ0v) is 14.4. The minimum atomic E-state index is -1.22. The van der Waals surface area contributed by atoms with Gasteiger partial charge in [0.15, 0.2) is 0 Å². The van der Waals surface area contributed by atoms with Gasteiger partial charge < -0.3 is 16.2 Å². The molecule has 0 unspecified atom stereocenters. The number of anilines is 1. The topological polar surface area (TPSA) is 92.4 Å². The van der Waals surface area contributed by atoms with Crippen molar-refractivity contribution in [1.29, 1.82) is 0 Å². The Morgan fingerprint density at radius 2 is 1.59 bits per heavy atom. The molecular weight excluding hydrogens is 340 g/mol. The summed E-state index contributed by atoms with van der Waals surface area (Å²) in [5.41, 5.74) is 9.19. The Morgan fingerprint density at radius 1 is 0.889 bits per heavy atom. The zero-order chi connectivity index (χ0) is 19.2. The lowest BCUT2D eigenvalue weighted by molar-refractivity contribution is -0.132. The van der Waals surface area contributed by atoms with Crippen LogP contribution in [0.2, 0.25) is 0 Å². The van der Waals surface area contributed by atoms with Crippen LogP contribution in [-0.4, -0.2) is 17.0 Å². The lowest BCUT2D eigenvalue weighted by atomic mass is 10.0. The van der Waals surface area contributed by atoms with Crippen LogP contribution in [0.5, 0.6) is 0 Å². The van der Waals surface area contributed by atoms with Gasteiger partial charge in [0.05, 0.1) is 0 Å². The Balaban J connectivity index is 1.91. The van der Waals surface area contributed by atoms with Gasteiger partial charge in [-0.2, -0.15) is 0 Å². The number of carbonyl (C=O) groups is 2. The first kappa shape index (κ1) is 17.9. The first-order valence-corrected chi connectivity index (χ1v) is 8.31. The number of benzene rings is 3. The fraction of sp³-hybridized carbons (Fsp3) is 0. The van der Waals surface area contributed by atoms with E-state index in [9.17, 15) is 14.7 Å². The molecule has 0 atom stereocenters. The van der Waals surface area contributed by atoms with Crippen molar-refractivity contribution in [3.05, 3.63) is 95.7 Å². The van der Waals surface area contributed by atoms with Crippen LogP contribution >= 0.6 is 0 Å². The molecule has 0 spiro atoms. The van der Waals surface area contributed by atoms with Crippen molar-refractivity contribution in [3.8, 4) is 11.1 Å². The molecule has 0 aliphatic rings. The first-order chi connectivity index (χ1) is 13.0. The highest BCUT2D eigenvalue weighted by Crippen LogP contribution is 2.26. The summed E-state index contributed by atoms with van der Waals surface area (Å²) in [6.07, 6.45) is 1.42. The number of rotatable bonds is 5. The van der Waals surface area contributed by atoms with E-state index in [0.717, 1.165) is 11.1 Å². The molecule has 0 saturated heterocycles. The van der Waals surface area contributed by atoms with E-state index >= 15 is 0 Å². The predicted molar refractivity (Wildman–Crippen MR) is 106 cm³/mol. The number of aliphatic carboxylic acids is 1. The smallest absolute Gasteiger partial charge is 0.352 e. The van der Waals surface area contributed by atoms with E-state index in [0.29, 0.717) is 16.8 Å². The van der Waals surface area contributed by atoms with E-state index in [2.05, 4.69) is 5.32 Å². The van der Waals surface area contributed by atoms with Crippen LogP contribution in [0.25, 0.3) is 17.2 Å². The molecule has 1 amide bonds. The van der Waals surface area contributed by atoms with Gasteiger partial charge in [0, 0.05) is 16.8 Å². The molecule has 0 aliphatic carbocycles. The number of hydrogen-bond donors (Lipinski definition) is 3. The molecule has 3 rings (SSSR count).